The molecule has 0 spiro atoms. The molecule has 0 aromatic heterocycles. The molecular weight excluding hydrogens is 1090 g/mol. The summed E-state index contributed by atoms with van der Waals surface area (Å²) in [4.78, 5) is 128. The largest absolute Gasteiger partial charge is 0.412 e. The van der Waals surface area contributed by atoms with E-state index >= 15 is 0 Å². The lowest BCUT2D eigenvalue weighted by Crippen LogP contribution is -2.61. The highest BCUT2D eigenvalue weighted by Crippen LogP contribution is 2.21. The number of nitrogens with two attached hydrogens (primary N) is 2. The smallest absolute Gasteiger partial charge is 0.246 e. The van der Waals surface area contributed by atoms with Crippen LogP contribution in [0.4, 0.5) is 0 Å². The summed E-state index contributed by atoms with van der Waals surface area (Å²) < 4.78 is 0. The van der Waals surface area contributed by atoms with Gasteiger partial charge in [0.15, 0.2) is 0 Å². The fourth-order valence-electron chi connectivity index (χ4n) is 8.79. The molecule has 0 saturated carbocycles. The molecule has 1 aromatic carbocycles. The second kappa shape index (κ2) is 45.3. The van der Waals surface area contributed by atoms with Gasteiger partial charge in [-0.05, 0) is 107 Å². The van der Waals surface area contributed by atoms with Crippen LogP contribution in [-0.2, 0) is 49.6 Å². The van der Waals surface area contributed by atoms with Crippen LogP contribution in [0.1, 0.15) is 132 Å². The van der Waals surface area contributed by atoms with Crippen LogP contribution in [-0.4, -0.2) is 171 Å². The normalized spacial score (nSPS) is 23.0. The number of carbonyl (C=O) groups is 9. The summed E-state index contributed by atoms with van der Waals surface area (Å²) in [6.07, 6.45) is 3.08. The van der Waals surface area contributed by atoms with Crippen molar-refractivity contribution in [2.45, 2.75) is 181 Å². The van der Waals surface area contributed by atoms with Gasteiger partial charge in [0.1, 0.15) is 48.3 Å². The van der Waals surface area contributed by atoms with Crippen molar-refractivity contribution < 1.29 is 81.5 Å². The lowest BCUT2D eigenvalue weighted by atomic mass is 9.99. The minimum Gasteiger partial charge on any atom is -0.412 e. The van der Waals surface area contributed by atoms with E-state index in [1.54, 1.807) is 39.8 Å². The Morgan fingerprint density at radius 1 is 0.500 bits per heavy atom. The van der Waals surface area contributed by atoms with Crippen LogP contribution in [0.5, 0.6) is 0 Å². The highest BCUT2D eigenvalue weighted by Gasteiger charge is 2.41. The number of halogens is 2. The number of carbonyl (C=O) groups excluding carboxylic acids is 9. The molecule has 0 unspecified atom stereocenters. The summed E-state index contributed by atoms with van der Waals surface area (Å²) in [6, 6.07) is 0.410. The van der Waals surface area contributed by atoms with E-state index in [9.17, 15) is 43.2 Å². The molecule has 27 nitrogen and oxygen atoms in total. The van der Waals surface area contributed by atoms with Gasteiger partial charge in [-0.3, -0.25) is 43.2 Å². The zero-order valence-corrected chi connectivity index (χ0v) is 49.4. The summed E-state index contributed by atoms with van der Waals surface area (Å²) in [5.74, 6) is -6.00. The van der Waals surface area contributed by atoms with Crippen LogP contribution in [0.3, 0.4) is 0 Å². The van der Waals surface area contributed by atoms with Gasteiger partial charge in [0, 0.05) is 25.9 Å². The van der Waals surface area contributed by atoms with Gasteiger partial charge in [0.25, 0.3) is 0 Å². The molecule has 2 aliphatic rings. The quantitative estimate of drug-likeness (QED) is 0.0853. The number of hydrogen-bond acceptors (Lipinski definition) is 11. The number of hydrogen-bond donors (Lipinski definition) is 10. The van der Waals surface area contributed by atoms with Crippen molar-refractivity contribution in [3.8, 4) is 0 Å². The second-order valence-electron chi connectivity index (χ2n) is 20.6. The summed E-state index contributed by atoms with van der Waals surface area (Å²) in [7, 11) is 0. The van der Waals surface area contributed by atoms with Gasteiger partial charge >= 0.3 is 0 Å². The van der Waals surface area contributed by atoms with Crippen LogP contribution in [0.25, 0.3) is 0 Å². The summed E-state index contributed by atoms with van der Waals surface area (Å²) in [5, 5.41) is 22.6. The zero-order chi connectivity index (χ0) is 52.8. The monoisotopic (exact) mass is 1190 g/mol. The second-order valence-corrected chi connectivity index (χ2v) is 20.6. The van der Waals surface area contributed by atoms with E-state index in [1.807, 2.05) is 45.9 Å². The molecule has 9 amide bonds. The van der Waals surface area contributed by atoms with E-state index in [0.717, 1.165) is 5.56 Å². The topological polar surface area (TPSA) is 526 Å². The third-order valence-corrected chi connectivity index (χ3v) is 12.7. The molecule has 2 aliphatic heterocycles. The molecular formula is C51H101Cl2N11O16. The van der Waals surface area contributed by atoms with Crippen molar-refractivity contribution in [2.75, 3.05) is 26.2 Å². The average molecular weight is 1200 g/mol. The van der Waals surface area contributed by atoms with Crippen LogP contribution < -0.4 is 54.0 Å². The van der Waals surface area contributed by atoms with Crippen molar-refractivity contribution in [3.63, 3.8) is 0 Å². The average Bonchev–Trinajstić information content (AvgIpc) is 3.81. The maximum atomic E-state index is 14.7. The van der Waals surface area contributed by atoms with Crippen molar-refractivity contribution in [1.29, 1.82) is 0 Å². The lowest BCUT2D eigenvalue weighted by Gasteiger charge is -2.32. The highest BCUT2D eigenvalue weighted by atomic mass is 35.5. The number of nitrogens with one attached hydrogen (secondary N) is 8. The molecule has 0 aliphatic carbocycles. The SMILES string of the molecule is CC(C)C[C@H]1NC(=O)[C@H](CCCN)NC(=O)[C@H](C(C)C)NC(=O)[C@@H]2CCCN2C(=O)[C@@H](Cc2ccccc2)NC(=O)[C@@H](CC(C)C)NC(=O)[C@H](CCCN)NC(=O)[C@H](C(C)C)NC(=O)CCCCNC1=O.Cl.Cl.O.O.O.O.O.O.O. The number of nitrogens with zero attached hydrogens (tertiary/aromatic N) is 1. The maximum Gasteiger partial charge on any atom is 0.246 e. The Hall–Kier alpha value is -5.33. The number of benzene rings is 1. The van der Waals surface area contributed by atoms with Crippen molar-refractivity contribution in [2.24, 2.45) is 35.1 Å². The first-order valence-corrected chi connectivity index (χ1v) is 25.8. The van der Waals surface area contributed by atoms with Crippen LogP contribution in [0.15, 0.2) is 30.3 Å². The molecule has 0 bridgehead atoms. The number of rotatable bonds is 14. The van der Waals surface area contributed by atoms with Crippen LogP contribution in [0, 0.1) is 23.7 Å². The molecule has 29 heteroatoms. The fraction of sp³-hybridized carbons (Fsp3) is 0.706. The van der Waals surface area contributed by atoms with E-state index in [0.29, 0.717) is 38.5 Å². The minimum atomic E-state index is -1.18. The molecule has 470 valence electrons. The first-order chi connectivity index (χ1) is 33.7. The van der Waals surface area contributed by atoms with Crippen molar-refractivity contribution >= 4 is 78.0 Å². The summed E-state index contributed by atoms with van der Waals surface area (Å²) in [5.41, 5.74) is 12.4. The van der Waals surface area contributed by atoms with Gasteiger partial charge in [-0.2, -0.15) is 0 Å². The fourth-order valence-corrected chi connectivity index (χ4v) is 8.79. The molecule has 2 saturated heterocycles. The first-order valence-electron chi connectivity index (χ1n) is 25.8. The van der Waals surface area contributed by atoms with Crippen LogP contribution in [0.2, 0.25) is 0 Å². The molecule has 3 rings (SSSR count). The van der Waals surface area contributed by atoms with E-state index in [2.05, 4.69) is 42.5 Å². The molecule has 2 fully saturated rings. The molecule has 1 aromatic rings. The lowest BCUT2D eigenvalue weighted by molar-refractivity contribution is -0.143. The third-order valence-electron chi connectivity index (χ3n) is 12.7. The van der Waals surface area contributed by atoms with Gasteiger partial charge in [-0.1, -0.05) is 85.7 Å². The standard InChI is InChI=1S/C51H85N11O9.2ClH.7H2O/c1-30(2)27-37-44(64)54-25-13-12-22-41(63)60-42(32(5)6)49(69)55-36(20-15-24-53)46(66)58-38(28-31(3)4)47(67)59-39(29-34-17-10-9-11-18-34)51(71)62-26-16-21-40(62)48(68)61-43(33(7)8)50(70)56-35(19-14-23-52)45(65)57-37;;;;;;;;;/h9-11,17-18,30-33,35-40,42-43H,12-16,19-29,52-53H2,1-8H3,(H,54,64)(H,55,69)(H,56,70)(H,57,65)(H,58,66)(H,59,67)(H,60,63)(H,61,68);2*1H;7*1H2/t35-,36-,37+,38+,39+,40-,42-,43-;;;;;;;;;/m0........./s1. The minimum absolute atomic E-state index is 0. The molecule has 0 radical (unpaired) electrons. The predicted molar refractivity (Wildman–Crippen MR) is 310 cm³/mol. The van der Waals surface area contributed by atoms with E-state index < -0.39 is 107 Å². The van der Waals surface area contributed by atoms with Gasteiger partial charge in [-0.25, -0.2) is 0 Å². The Kier molecular flexibility index (Phi) is 50.1. The Labute approximate surface area is 483 Å². The van der Waals surface area contributed by atoms with Crippen molar-refractivity contribution in [3.05, 3.63) is 35.9 Å². The van der Waals surface area contributed by atoms with Gasteiger partial charge in [-0.15, -0.1) is 24.8 Å². The van der Waals surface area contributed by atoms with Crippen molar-refractivity contribution in [1.82, 2.24) is 47.4 Å². The Balaban J connectivity index is -0.00000118. The Morgan fingerprint density at radius 2 is 0.925 bits per heavy atom. The number of amides is 9. The highest BCUT2D eigenvalue weighted by molar-refractivity contribution is 5.98. The summed E-state index contributed by atoms with van der Waals surface area (Å²) in [6.45, 7) is 15.4. The molecule has 8 atom stereocenters. The first kappa shape index (κ1) is 88.5. The zero-order valence-electron chi connectivity index (χ0n) is 47.7. The Morgan fingerprint density at radius 3 is 1.38 bits per heavy atom. The van der Waals surface area contributed by atoms with E-state index in [1.165, 1.54) is 4.90 Å². The van der Waals surface area contributed by atoms with E-state index in [4.69, 9.17) is 11.5 Å². The predicted octanol–water partition coefficient (Wildman–Crippen LogP) is -4.13. The third kappa shape index (κ3) is 29.4. The number of fused-ring (bicyclic) bond motifs is 1. The summed E-state index contributed by atoms with van der Waals surface area (Å²) >= 11 is 0. The van der Waals surface area contributed by atoms with Gasteiger partial charge < -0.3 is 97.2 Å². The van der Waals surface area contributed by atoms with Gasteiger partial charge in [0.05, 0.1) is 0 Å². The maximum absolute atomic E-state index is 14.7. The molecule has 80 heavy (non-hydrogen) atoms. The molecule has 2 heterocycles. The van der Waals surface area contributed by atoms with E-state index in [-0.39, 0.29) is 146 Å². The van der Waals surface area contributed by atoms with Gasteiger partial charge in [0.2, 0.25) is 53.2 Å². The van der Waals surface area contributed by atoms with Crippen LogP contribution >= 0.6 is 24.8 Å². The molecule has 26 N–H and O–H groups in total. The Bertz CT molecular complexity index is 1960.